The molecular weight excluding hydrogens is 180 g/mol. The summed E-state index contributed by atoms with van der Waals surface area (Å²) in [5.74, 6) is 1.19. The van der Waals surface area contributed by atoms with Gasteiger partial charge in [-0.15, -0.1) is 0 Å². The lowest BCUT2D eigenvalue weighted by Gasteiger charge is -2.09. The number of hydrogen-bond acceptors (Lipinski definition) is 3. The van der Waals surface area contributed by atoms with Gasteiger partial charge in [-0.2, -0.15) is 0 Å². The second-order valence-electron chi connectivity index (χ2n) is 2.52. The van der Waals surface area contributed by atoms with E-state index in [2.05, 4.69) is 6.58 Å². The fourth-order valence-corrected chi connectivity index (χ4v) is 0.961. The lowest BCUT2D eigenvalue weighted by Crippen LogP contribution is -2.01. The Bertz CT molecular complexity index is 276. The lowest BCUT2D eigenvalue weighted by molar-refractivity contribution is -0.109. The van der Waals surface area contributed by atoms with Crippen molar-refractivity contribution in [2.45, 2.75) is 0 Å². The van der Waals surface area contributed by atoms with Crippen LogP contribution in [0.15, 0.2) is 36.9 Å². The Labute approximate surface area is 83.0 Å². The van der Waals surface area contributed by atoms with Crippen LogP contribution in [-0.4, -0.2) is 19.5 Å². The molecule has 0 amide bonds. The molecule has 0 saturated carbocycles. The van der Waals surface area contributed by atoms with Crippen LogP contribution in [0.3, 0.4) is 0 Å². The molecule has 0 atom stereocenters. The van der Waals surface area contributed by atoms with Crippen LogP contribution in [0.25, 0.3) is 0 Å². The molecule has 0 spiro atoms. The summed E-state index contributed by atoms with van der Waals surface area (Å²) < 4.78 is 10.5. The molecule has 14 heavy (non-hydrogen) atoms. The molecule has 1 rings (SSSR count). The monoisotopic (exact) mass is 192 g/mol. The molecule has 0 N–H and O–H groups in total. The van der Waals surface area contributed by atoms with E-state index in [9.17, 15) is 4.79 Å². The van der Waals surface area contributed by atoms with Crippen LogP contribution in [-0.2, 0) is 4.79 Å². The van der Waals surface area contributed by atoms with E-state index in [1.54, 1.807) is 18.2 Å². The highest BCUT2D eigenvalue weighted by atomic mass is 16.5. The molecule has 0 radical (unpaired) electrons. The van der Waals surface area contributed by atoms with Crippen LogP contribution in [0.5, 0.6) is 11.5 Å². The van der Waals surface area contributed by atoms with Crippen LogP contribution < -0.4 is 9.47 Å². The van der Waals surface area contributed by atoms with Gasteiger partial charge in [-0.05, 0) is 12.1 Å². The summed E-state index contributed by atoms with van der Waals surface area (Å²) in [6.07, 6.45) is 2.35. The van der Waals surface area contributed by atoms with Gasteiger partial charge in [-0.1, -0.05) is 24.8 Å². The van der Waals surface area contributed by atoms with Crippen molar-refractivity contribution in [2.75, 3.05) is 13.2 Å². The maximum Gasteiger partial charge on any atom is 0.161 e. The van der Waals surface area contributed by atoms with Gasteiger partial charge in [0.15, 0.2) is 17.8 Å². The smallest absolute Gasteiger partial charge is 0.161 e. The molecule has 3 heteroatoms. The maximum atomic E-state index is 10.1. The number of aldehydes is 1. The van der Waals surface area contributed by atoms with Gasteiger partial charge in [0.25, 0.3) is 0 Å². The zero-order chi connectivity index (χ0) is 10.2. The highest BCUT2D eigenvalue weighted by molar-refractivity contribution is 5.52. The highest BCUT2D eigenvalue weighted by Crippen LogP contribution is 2.25. The Morgan fingerprint density at radius 1 is 1.14 bits per heavy atom. The molecule has 1 aromatic rings. The second-order valence-corrected chi connectivity index (χ2v) is 2.52. The molecule has 0 bridgehead atoms. The summed E-state index contributed by atoms with van der Waals surface area (Å²) in [6, 6.07) is 7.19. The Morgan fingerprint density at radius 3 is 2.21 bits per heavy atom. The van der Waals surface area contributed by atoms with Crippen molar-refractivity contribution in [3.8, 4) is 11.5 Å². The minimum absolute atomic E-state index is 0.0362. The molecule has 1 aromatic carbocycles. The SMILES string of the molecule is C=CCOc1ccccc1OCC=O. The summed E-state index contributed by atoms with van der Waals surface area (Å²) in [4.78, 5) is 10.1. The molecule has 3 nitrogen and oxygen atoms in total. The van der Waals surface area contributed by atoms with Gasteiger partial charge in [0, 0.05) is 0 Å². The molecule has 74 valence electrons. The van der Waals surface area contributed by atoms with Gasteiger partial charge in [-0.25, -0.2) is 0 Å². The van der Waals surface area contributed by atoms with E-state index in [0.29, 0.717) is 24.4 Å². The van der Waals surface area contributed by atoms with Crippen molar-refractivity contribution in [3.63, 3.8) is 0 Å². The molecule has 0 saturated heterocycles. The van der Waals surface area contributed by atoms with Gasteiger partial charge >= 0.3 is 0 Å². The summed E-state index contributed by atoms with van der Waals surface area (Å²) >= 11 is 0. The van der Waals surface area contributed by atoms with Crippen LogP contribution >= 0.6 is 0 Å². The number of hydrogen-bond donors (Lipinski definition) is 0. The van der Waals surface area contributed by atoms with E-state index in [-0.39, 0.29) is 6.61 Å². The molecule has 0 aromatic heterocycles. The molecule has 0 unspecified atom stereocenters. The first kappa shape index (κ1) is 10.3. The van der Waals surface area contributed by atoms with Crippen LogP contribution in [0.2, 0.25) is 0 Å². The van der Waals surface area contributed by atoms with Crippen LogP contribution in [0, 0.1) is 0 Å². The van der Waals surface area contributed by atoms with Crippen molar-refractivity contribution in [1.29, 1.82) is 0 Å². The zero-order valence-electron chi connectivity index (χ0n) is 7.81. The summed E-state index contributed by atoms with van der Waals surface area (Å²) in [5.41, 5.74) is 0. The Morgan fingerprint density at radius 2 is 1.71 bits per heavy atom. The van der Waals surface area contributed by atoms with Crippen molar-refractivity contribution < 1.29 is 14.3 Å². The normalized spacial score (nSPS) is 9.14. The van der Waals surface area contributed by atoms with Gasteiger partial charge in [-0.3, -0.25) is 4.79 Å². The van der Waals surface area contributed by atoms with E-state index < -0.39 is 0 Å². The Kier molecular flexibility index (Phi) is 4.27. The molecular formula is C11H12O3. The Hall–Kier alpha value is -1.77. The quantitative estimate of drug-likeness (QED) is 0.509. The van der Waals surface area contributed by atoms with Crippen molar-refractivity contribution in [2.24, 2.45) is 0 Å². The fourth-order valence-electron chi connectivity index (χ4n) is 0.961. The molecule has 0 aliphatic carbocycles. The van der Waals surface area contributed by atoms with Gasteiger partial charge in [0.1, 0.15) is 13.2 Å². The number of rotatable bonds is 6. The third kappa shape index (κ3) is 2.94. The number of ether oxygens (including phenoxy) is 2. The Balaban J connectivity index is 2.68. The largest absolute Gasteiger partial charge is 0.486 e. The van der Waals surface area contributed by atoms with E-state index in [4.69, 9.17) is 9.47 Å². The van der Waals surface area contributed by atoms with Gasteiger partial charge < -0.3 is 9.47 Å². The van der Waals surface area contributed by atoms with E-state index in [1.807, 2.05) is 12.1 Å². The standard InChI is InChI=1S/C11H12O3/c1-2-8-13-10-5-3-4-6-11(10)14-9-7-12/h2-7H,1,8-9H2. The van der Waals surface area contributed by atoms with Crippen molar-refractivity contribution in [3.05, 3.63) is 36.9 Å². The highest BCUT2D eigenvalue weighted by Gasteiger charge is 2.01. The van der Waals surface area contributed by atoms with Crippen molar-refractivity contribution >= 4 is 6.29 Å². The van der Waals surface area contributed by atoms with E-state index in [1.165, 1.54) is 0 Å². The predicted molar refractivity (Wildman–Crippen MR) is 53.7 cm³/mol. The fraction of sp³-hybridized carbons (Fsp3) is 0.182. The molecule has 0 aliphatic heterocycles. The predicted octanol–water partition coefficient (Wildman–Crippen LogP) is 1.83. The molecule has 0 heterocycles. The second kappa shape index (κ2) is 5.80. The third-order valence-electron chi connectivity index (χ3n) is 1.51. The molecule has 0 fully saturated rings. The van der Waals surface area contributed by atoms with Gasteiger partial charge in [0.05, 0.1) is 0 Å². The minimum atomic E-state index is 0.0362. The number of benzene rings is 1. The zero-order valence-corrected chi connectivity index (χ0v) is 7.81. The average molecular weight is 192 g/mol. The minimum Gasteiger partial charge on any atom is -0.486 e. The van der Waals surface area contributed by atoms with Crippen LogP contribution in [0.1, 0.15) is 0 Å². The topological polar surface area (TPSA) is 35.5 Å². The third-order valence-corrected chi connectivity index (χ3v) is 1.51. The van der Waals surface area contributed by atoms with Gasteiger partial charge in [0.2, 0.25) is 0 Å². The average Bonchev–Trinajstić information content (AvgIpc) is 2.24. The molecule has 0 aliphatic rings. The first-order valence-corrected chi connectivity index (χ1v) is 4.27. The summed E-state index contributed by atoms with van der Waals surface area (Å²) in [6.45, 7) is 4.00. The first-order chi connectivity index (χ1) is 6.88. The maximum absolute atomic E-state index is 10.1. The van der Waals surface area contributed by atoms with E-state index >= 15 is 0 Å². The van der Waals surface area contributed by atoms with Crippen LogP contribution in [0.4, 0.5) is 0 Å². The van der Waals surface area contributed by atoms with Crippen molar-refractivity contribution in [1.82, 2.24) is 0 Å². The number of para-hydroxylation sites is 2. The first-order valence-electron chi connectivity index (χ1n) is 4.27. The summed E-state index contributed by atoms with van der Waals surface area (Å²) in [5, 5.41) is 0. The lowest BCUT2D eigenvalue weighted by atomic mass is 10.3. The summed E-state index contributed by atoms with van der Waals surface area (Å²) in [7, 11) is 0. The number of carbonyl (C=O) groups is 1. The number of carbonyl (C=O) groups excluding carboxylic acids is 1. The van der Waals surface area contributed by atoms with E-state index in [0.717, 1.165) is 0 Å².